The van der Waals surface area contributed by atoms with E-state index in [1.165, 1.54) is 7.11 Å². The van der Waals surface area contributed by atoms with Gasteiger partial charge >= 0.3 is 5.97 Å². The van der Waals surface area contributed by atoms with E-state index in [9.17, 15) is 4.79 Å². The largest absolute Gasteiger partial charge is 0.467 e. The smallest absolute Gasteiger partial charge is 0.338 e. The van der Waals surface area contributed by atoms with Crippen molar-refractivity contribution in [3.63, 3.8) is 0 Å². The quantitative estimate of drug-likeness (QED) is 0.615. The minimum atomic E-state index is -1.10. The number of ether oxygens (including phenoxy) is 2. The second kappa shape index (κ2) is 7.20. The molecule has 0 aromatic heterocycles. The Bertz CT molecular complexity index is 456. The number of esters is 1. The van der Waals surface area contributed by atoms with E-state index in [0.717, 1.165) is 5.56 Å². The van der Waals surface area contributed by atoms with Gasteiger partial charge in [0, 0.05) is 18.6 Å². The standard InChI is InChI=1S/C16H23NO3/c1-12(2)20-16(3,15(18)19-4)11-14(17)10-13-8-6-5-7-9-13/h5-9,12,17H,10-11H2,1-4H3. The first-order chi connectivity index (χ1) is 9.37. The summed E-state index contributed by atoms with van der Waals surface area (Å²) in [6, 6.07) is 9.74. The molecule has 0 aliphatic rings. The first-order valence-corrected chi connectivity index (χ1v) is 6.74. The van der Waals surface area contributed by atoms with Crippen LogP contribution in [0.3, 0.4) is 0 Å². The van der Waals surface area contributed by atoms with Gasteiger partial charge in [-0.15, -0.1) is 0 Å². The Hall–Kier alpha value is -1.68. The molecule has 20 heavy (non-hydrogen) atoms. The summed E-state index contributed by atoms with van der Waals surface area (Å²) in [4.78, 5) is 11.9. The first-order valence-electron chi connectivity index (χ1n) is 6.74. The van der Waals surface area contributed by atoms with Crippen molar-refractivity contribution >= 4 is 11.7 Å². The summed E-state index contributed by atoms with van der Waals surface area (Å²) < 4.78 is 10.5. The zero-order valence-corrected chi connectivity index (χ0v) is 12.6. The Morgan fingerprint density at radius 3 is 2.40 bits per heavy atom. The maximum atomic E-state index is 11.9. The lowest BCUT2D eigenvalue weighted by Crippen LogP contribution is -2.43. The van der Waals surface area contributed by atoms with Crippen molar-refractivity contribution in [2.75, 3.05) is 7.11 Å². The van der Waals surface area contributed by atoms with Crippen LogP contribution in [0.25, 0.3) is 0 Å². The highest BCUT2D eigenvalue weighted by Gasteiger charge is 2.37. The van der Waals surface area contributed by atoms with Gasteiger partial charge in [-0.05, 0) is 26.3 Å². The fourth-order valence-corrected chi connectivity index (χ4v) is 2.21. The molecule has 0 aliphatic heterocycles. The van der Waals surface area contributed by atoms with E-state index in [2.05, 4.69) is 0 Å². The van der Waals surface area contributed by atoms with Crippen LogP contribution in [-0.4, -0.2) is 30.5 Å². The number of nitrogens with one attached hydrogen (secondary N) is 1. The summed E-state index contributed by atoms with van der Waals surface area (Å²) in [6.07, 6.45) is 0.630. The summed E-state index contributed by atoms with van der Waals surface area (Å²) in [6.45, 7) is 5.41. The highest BCUT2D eigenvalue weighted by atomic mass is 16.6. The van der Waals surface area contributed by atoms with E-state index in [1.807, 2.05) is 44.2 Å². The predicted octanol–water partition coefficient (Wildman–Crippen LogP) is 3.00. The fourth-order valence-electron chi connectivity index (χ4n) is 2.21. The molecule has 1 aromatic carbocycles. The molecule has 0 radical (unpaired) electrons. The molecule has 110 valence electrons. The monoisotopic (exact) mass is 277 g/mol. The molecule has 4 heteroatoms. The average Bonchev–Trinajstić information content (AvgIpc) is 2.37. The van der Waals surface area contributed by atoms with Crippen LogP contribution < -0.4 is 0 Å². The summed E-state index contributed by atoms with van der Waals surface area (Å²) in [5, 5.41) is 8.11. The highest BCUT2D eigenvalue weighted by Crippen LogP contribution is 2.21. The van der Waals surface area contributed by atoms with E-state index >= 15 is 0 Å². The van der Waals surface area contributed by atoms with Gasteiger partial charge in [-0.1, -0.05) is 30.3 Å². The third kappa shape index (κ3) is 4.78. The van der Waals surface area contributed by atoms with Crippen molar-refractivity contribution in [2.24, 2.45) is 0 Å². The van der Waals surface area contributed by atoms with Crippen molar-refractivity contribution in [3.05, 3.63) is 35.9 Å². The van der Waals surface area contributed by atoms with Crippen LogP contribution in [0.2, 0.25) is 0 Å². The van der Waals surface area contributed by atoms with Crippen LogP contribution in [0.1, 0.15) is 32.8 Å². The SMILES string of the molecule is COC(=O)C(C)(CC(=N)Cc1ccccc1)OC(C)C. The van der Waals surface area contributed by atoms with Crippen molar-refractivity contribution in [2.45, 2.75) is 45.3 Å². The molecule has 4 nitrogen and oxygen atoms in total. The summed E-state index contributed by atoms with van der Waals surface area (Å²) in [5.74, 6) is -0.441. The third-order valence-electron chi connectivity index (χ3n) is 2.92. The number of rotatable bonds is 7. The van der Waals surface area contributed by atoms with Crippen molar-refractivity contribution in [1.29, 1.82) is 5.41 Å². The molecule has 0 saturated heterocycles. The highest BCUT2D eigenvalue weighted by molar-refractivity contribution is 5.91. The molecule has 1 aromatic rings. The molecular weight excluding hydrogens is 254 g/mol. The van der Waals surface area contributed by atoms with Crippen LogP contribution in [0, 0.1) is 5.41 Å². The van der Waals surface area contributed by atoms with Crippen LogP contribution in [0.4, 0.5) is 0 Å². The molecule has 1 unspecified atom stereocenters. The zero-order valence-electron chi connectivity index (χ0n) is 12.6. The lowest BCUT2D eigenvalue weighted by atomic mass is 9.94. The van der Waals surface area contributed by atoms with Gasteiger partial charge in [0.1, 0.15) is 0 Å². The summed E-state index contributed by atoms with van der Waals surface area (Å²) in [7, 11) is 1.34. The number of hydrogen-bond donors (Lipinski definition) is 1. The maximum Gasteiger partial charge on any atom is 0.338 e. The van der Waals surface area contributed by atoms with E-state index in [0.29, 0.717) is 12.1 Å². The molecule has 0 saturated carbocycles. The average molecular weight is 277 g/mol. The van der Waals surface area contributed by atoms with Gasteiger partial charge in [-0.2, -0.15) is 0 Å². The minimum absolute atomic E-state index is 0.108. The molecule has 0 aliphatic carbocycles. The normalized spacial score (nSPS) is 13.8. The van der Waals surface area contributed by atoms with Gasteiger partial charge in [0.2, 0.25) is 0 Å². The Morgan fingerprint density at radius 1 is 1.30 bits per heavy atom. The van der Waals surface area contributed by atoms with Crippen LogP contribution in [0.15, 0.2) is 30.3 Å². The number of methoxy groups -OCH3 is 1. The molecule has 1 N–H and O–H groups in total. The molecule has 0 amide bonds. The predicted molar refractivity (Wildman–Crippen MR) is 79.1 cm³/mol. The molecule has 1 atom stereocenters. The molecular formula is C16H23NO3. The van der Waals surface area contributed by atoms with Gasteiger partial charge in [-0.25, -0.2) is 4.79 Å². The number of benzene rings is 1. The second-order valence-electron chi connectivity index (χ2n) is 5.33. The number of carbonyl (C=O) groups is 1. The van der Waals surface area contributed by atoms with Crippen molar-refractivity contribution < 1.29 is 14.3 Å². The van der Waals surface area contributed by atoms with Crippen LogP contribution in [-0.2, 0) is 20.7 Å². The Kier molecular flexibility index (Phi) is 5.89. The number of carbonyl (C=O) groups excluding carboxylic acids is 1. The lowest BCUT2D eigenvalue weighted by molar-refractivity contribution is -0.171. The Labute approximate surface area is 120 Å². The van der Waals surface area contributed by atoms with Gasteiger partial charge < -0.3 is 14.9 Å². The van der Waals surface area contributed by atoms with Crippen LogP contribution in [0.5, 0.6) is 0 Å². The van der Waals surface area contributed by atoms with Crippen molar-refractivity contribution in [1.82, 2.24) is 0 Å². The van der Waals surface area contributed by atoms with Gasteiger partial charge in [0.05, 0.1) is 13.2 Å². The third-order valence-corrected chi connectivity index (χ3v) is 2.92. The first kappa shape index (κ1) is 16.4. The van der Waals surface area contributed by atoms with Gasteiger partial charge in [-0.3, -0.25) is 0 Å². The maximum absolute atomic E-state index is 11.9. The molecule has 1 rings (SSSR count). The van der Waals surface area contributed by atoms with Gasteiger partial charge in [0.15, 0.2) is 5.60 Å². The minimum Gasteiger partial charge on any atom is -0.467 e. The molecule has 0 fully saturated rings. The second-order valence-corrected chi connectivity index (χ2v) is 5.33. The van der Waals surface area contributed by atoms with Crippen molar-refractivity contribution in [3.8, 4) is 0 Å². The Morgan fingerprint density at radius 2 is 1.90 bits per heavy atom. The van der Waals surface area contributed by atoms with E-state index in [4.69, 9.17) is 14.9 Å². The topological polar surface area (TPSA) is 59.4 Å². The van der Waals surface area contributed by atoms with E-state index in [1.54, 1.807) is 6.92 Å². The Balaban J connectivity index is 2.74. The van der Waals surface area contributed by atoms with Gasteiger partial charge in [0.25, 0.3) is 0 Å². The lowest BCUT2D eigenvalue weighted by Gasteiger charge is -2.29. The van der Waals surface area contributed by atoms with Crippen LogP contribution >= 0.6 is 0 Å². The molecule has 0 heterocycles. The zero-order chi connectivity index (χ0) is 15.2. The molecule has 0 bridgehead atoms. The molecule has 0 spiro atoms. The summed E-state index contributed by atoms with van der Waals surface area (Å²) >= 11 is 0. The van der Waals surface area contributed by atoms with E-state index < -0.39 is 11.6 Å². The summed E-state index contributed by atoms with van der Waals surface area (Å²) in [5.41, 5.74) is 0.397. The van der Waals surface area contributed by atoms with E-state index in [-0.39, 0.29) is 12.5 Å². The fraction of sp³-hybridized carbons (Fsp3) is 0.500. The number of hydrogen-bond acceptors (Lipinski definition) is 4.